The van der Waals surface area contributed by atoms with E-state index in [1.54, 1.807) is 36.3 Å². The minimum absolute atomic E-state index is 0.182. The number of hydrogen-bond donors (Lipinski definition) is 1. The largest absolute Gasteiger partial charge is 0.497 e. The second kappa shape index (κ2) is 12.0. The predicted octanol–water partition coefficient (Wildman–Crippen LogP) is 4.07. The lowest BCUT2D eigenvalue weighted by Crippen LogP contribution is -2.36. The molecule has 2 aromatic carbocycles. The van der Waals surface area contributed by atoms with Crippen LogP contribution < -0.4 is 10.1 Å². The van der Waals surface area contributed by atoms with Crippen molar-refractivity contribution in [2.24, 2.45) is 5.92 Å². The molecule has 7 nitrogen and oxygen atoms in total. The van der Waals surface area contributed by atoms with E-state index in [9.17, 15) is 14.4 Å². The number of para-hydroxylation sites is 1. The SMILES string of the molecule is CCCN(CC1CC1)C(=O)COC(=O)c1ccccc1NC(=O)CCc1ccc(OC)cc1. The van der Waals surface area contributed by atoms with Gasteiger partial charge in [-0.15, -0.1) is 0 Å². The van der Waals surface area contributed by atoms with Gasteiger partial charge in [-0.2, -0.15) is 0 Å². The fourth-order valence-corrected chi connectivity index (χ4v) is 3.53. The number of carbonyl (C=O) groups is 3. The van der Waals surface area contributed by atoms with Gasteiger partial charge in [-0.3, -0.25) is 9.59 Å². The molecule has 2 amide bonds. The van der Waals surface area contributed by atoms with Crippen LogP contribution in [0.15, 0.2) is 48.5 Å². The molecule has 7 heteroatoms. The summed E-state index contributed by atoms with van der Waals surface area (Å²) in [6.45, 7) is 3.11. The van der Waals surface area contributed by atoms with Crippen molar-refractivity contribution in [2.45, 2.75) is 39.0 Å². The molecule has 33 heavy (non-hydrogen) atoms. The number of amides is 2. The molecule has 1 saturated carbocycles. The van der Waals surface area contributed by atoms with Gasteiger partial charge in [0.2, 0.25) is 5.91 Å². The van der Waals surface area contributed by atoms with E-state index in [0.29, 0.717) is 24.6 Å². The molecule has 0 aliphatic heterocycles. The summed E-state index contributed by atoms with van der Waals surface area (Å²) >= 11 is 0. The van der Waals surface area contributed by atoms with Crippen molar-refractivity contribution in [3.8, 4) is 5.75 Å². The van der Waals surface area contributed by atoms with E-state index in [4.69, 9.17) is 9.47 Å². The lowest BCUT2D eigenvalue weighted by atomic mass is 10.1. The Labute approximate surface area is 195 Å². The maximum Gasteiger partial charge on any atom is 0.340 e. The number of esters is 1. The molecule has 1 N–H and O–H groups in total. The number of aryl methyl sites for hydroxylation is 1. The zero-order valence-electron chi connectivity index (χ0n) is 19.3. The third-order valence-electron chi connectivity index (χ3n) is 5.57. The molecule has 1 fully saturated rings. The van der Waals surface area contributed by atoms with Crippen molar-refractivity contribution in [3.05, 3.63) is 59.7 Å². The smallest absolute Gasteiger partial charge is 0.340 e. The van der Waals surface area contributed by atoms with E-state index >= 15 is 0 Å². The number of hydrogen-bond acceptors (Lipinski definition) is 5. The van der Waals surface area contributed by atoms with Gasteiger partial charge in [0.25, 0.3) is 5.91 Å². The first-order valence-electron chi connectivity index (χ1n) is 11.5. The first kappa shape index (κ1) is 24.3. The first-order valence-corrected chi connectivity index (χ1v) is 11.5. The third-order valence-corrected chi connectivity index (χ3v) is 5.57. The van der Waals surface area contributed by atoms with Gasteiger partial charge in [-0.25, -0.2) is 4.79 Å². The molecule has 0 bridgehead atoms. The minimum atomic E-state index is -0.628. The Morgan fingerprint density at radius 1 is 1.06 bits per heavy atom. The van der Waals surface area contributed by atoms with E-state index in [1.807, 2.05) is 31.2 Å². The third kappa shape index (κ3) is 7.63. The summed E-state index contributed by atoms with van der Waals surface area (Å²) in [5, 5.41) is 2.79. The van der Waals surface area contributed by atoms with Crippen LogP contribution in [0.25, 0.3) is 0 Å². The van der Waals surface area contributed by atoms with Crippen molar-refractivity contribution in [3.63, 3.8) is 0 Å². The van der Waals surface area contributed by atoms with Crippen molar-refractivity contribution >= 4 is 23.5 Å². The highest BCUT2D eigenvalue weighted by Gasteiger charge is 2.27. The number of ether oxygens (including phenoxy) is 2. The quantitative estimate of drug-likeness (QED) is 0.491. The summed E-state index contributed by atoms with van der Waals surface area (Å²) in [5.74, 6) is 0.320. The monoisotopic (exact) mass is 452 g/mol. The van der Waals surface area contributed by atoms with Gasteiger partial charge in [0, 0.05) is 19.5 Å². The first-order chi connectivity index (χ1) is 16.0. The molecular formula is C26H32N2O5. The Kier molecular flexibility index (Phi) is 8.87. The van der Waals surface area contributed by atoms with Gasteiger partial charge >= 0.3 is 5.97 Å². The van der Waals surface area contributed by atoms with Crippen molar-refractivity contribution in [1.29, 1.82) is 0 Å². The zero-order valence-corrected chi connectivity index (χ0v) is 19.3. The minimum Gasteiger partial charge on any atom is -0.497 e. The summed E-state index contributed by atoms with van der Waals surface area (Å²) in [7, 11) is 1.61. The molecule has 0 saturated heterocycles. The highest BCUT2D eigenvalue weighted by Crippen LogP contribution is 2.29. The normalized spacial score (nSPS) is 12.7. The second-order valence-electron chi connectivity index (χ2n) is 8.30. The number of carbonyl (C=O) groups excluding carboxylic acids is 3. The summed E-state index contributed by atoms with van der Waals surface area (Å²) in [6, 6.07) is 14.2. The van der Waals surface area contributed by atoms with Crippen LogP contribution in [0.2, 0.25) is 0 Å². The fraction of sp³-hybridized carbons (Fsp3) is 0.423. The molecule has 3 rings (SSSR count). The number of anilines is 1. The lowest BCUT2D eigenvalue weighted by Gasteiger charge is -2.22. The van der Waals surface area contributed by atoms with E-state index in [0.717, 1.165) is 37.1 Å². The Morgan fingerprint density at radius 3 is 2.45 bits per heavy atom. The number of rotatable bonds is 12. The Morgan fingerprint density at radius 2 is 1.79 bits per heavy atom. The maximum atomic E-state index is 12.7. The standard InChI is InChI=1S/C26H32N2O5/c1-3-16-28(17-20-8-9-20)25(30)18-33-26(31)22-6-4-5-7-23(22)27-24(29)15-12-19-10-13-21(32-2)14-11-19/h4-7,10-11,13-14,20H,3,8-9,12,15-18H2,1-2H3,(H,27,29). The molecule has 0 aromatic heterocycles. The van der Waals surface area contributed by atoms with Gasteiger partial charge in [-0.05, 0) is 61.4 Å². The summed E-state index contributed by atoms with van der Waals surface area (Å²) in [5.41, 5.74) is 1.62. The number of nitrogens with one attached hydrogen (secondary N) is 1. The van der Waals surface area contributed by atoms with Crippen LogP contribution in [0.3, 0.4) is 0 Å². The predicted molar refractivity (Wildman–Crippen MR) is 126 cm³/mol. The average Bonchev–Trinajstić information content (AvgIpc) is 3.65. The highest BCUT2D eigenvalue weighted by molar-refractivity contribution is 6.01. The van der Waals surface area contributed by atoms with Crippen molar-refractivity contribution in [1.82, 2.24) is 4.90 Å². The summed E-state index contributed by atoms with van der Waals surface area (Å²) in [6.07, 6.45) is 3.99. The van der Waals surface area contributed by atoms with Gasteiger partial charge in [0.15, 0.2) is 6.61 Å². The van der Waals surface area contributed by atoms with Gasteiger partial charge in [0.1, 0.15) is 5.75 Å². The van der Waals surface area contributed by atoms with Crippen LogP contribution >= 0.6 is 0 Å². The van der Waals surface area contributed by atoms with E-state index in [1.165, 1.54) is 0 Å². The molecule has 0 unspecified atom stereocenters. The number of nitrogens with zero attached hydrogens (tertiary/aromatic N) is 1. The van der Waals surface area contributed by atoms with Crippen LogP contribution in [0.1, 0.15) is 48.5 Å². The van der Waals surface area contributed by atoms with Gasteiger partial charge in [-0.1, -0.05) is 31.2 Å². The molecule has 0 heterocycles. The fourth-order valence-electron chi connectivity index (χ4n) is 3.53. The number of benzene rings is 2. The topological polar surface area (TPSA) is 84.9 Å². The maximum absolute atomic E-state index is 12.7. The van der Waals surface area contributed by atoms with Crippen LogP contribution in [0.5, 0.6) is 5.75 Å². The van der Waals surface area contributed by atoms with E-state index in [-0.39, 0.29) is 30.4 Å². The average molecular weight is 453 g/mol. The highest BCUT2D eigenvalue weighted by atomic mass is 16.5. The van der Waals surface area contributed by atoms with Crippen LogP contribution in [0, 0.1) is 5.92 Å². The second-order valence-corrected chi connectivity index (χ2v) is 8.30. The number of methoxy groups -OCH3 is 1. The molecule has 1 aliphatic carbocycles. The van der Waals surface area contributed by atoms with Crippen LogP contribution in [0.4, 0.5) is 5.69 Å². The van der Waals surface area contributed by atoms with Crippen molar-refractivity contribution < 1.29 is 23.9 Å². The van der Waals surface area contributed by atoms with Crippen molar-refractivity contribution in [2.75, 3.05) is 32.1 Å². The summed E-state index contributed by atoms with van der Waals surface area (Å²) < 4.78 is 10.4. The Hall–Kier alpha value is -3.35. The van der Waals surface area contributed by atoms with E-state index < -0.39 is 5.97 Å². The van der Waals surface area contributed by atoms with E-state index in [2.05, 4.69) is 5.32 Å². The summed E-state index contributed by atoms with van der Waals surface area (Å²) in [4.78, 5) is 39.4. The molecule has 176 valence electrons. The Bertz CT molecular complexity index is 953. The van der Waals surface area contributed by atoms with Crippen LogP contribution in [-0.4, -0.2) is 49.5 Å². The molecule has 0 radical (unpaired) electrons. The molecule has 1 aliphatic rings. The Balaban J connectivity index is 1.53. The lowest BCUT2D eigenvalue weighted by molar-refractivity contribution is -0.134. The molecule has 0 spiro atoms. The van der Waals surface area contributed by atoms with Gasteiger partial charge in [0.05, 0.1) is 18.4 Å². The molecule has 0 atom stereocenters. The zero-order chi connectivity index (χ0) is 23.6. The van der Waals surface area contributed by atoms with Crippen LogP contribution in [-0.2, 0) is 20.7 Å². The van der Waals surface area contributed by atoms with Gasteiger partial charge < -0.3 is 19.7 Å². The molecule has 2 aromatic rings. The molecular weight excluding hydrogens is 420 g/mol.